The van der Waals surface area contributed by atoms with Crippen LogP contribution in [0.1, 0.15) is 44.7 Å². The molecule has 0 unspecified atom stereocenters. The normalized spacial score (nSPS) is 12.9. The predicted octanol–water partition coefficient (Wildman–Crippen LogP) is 1.50. The first-order chi connectivity index (χ1) is 17.5. The van der Waals surface area contributed by atoms with Gasteiger partial charge in [0, 0.05) is 31.9 Å². The number of carbonyl (C=O) groups excluding carboxylic acids is 3. The summed E-state index contributed by atoms with van der Waals surface area (Å²) >= 11 is 0. The average Bonchev–Trinajstić information content (AvgIpc) is 2.86. The number of nitrogens with two attached hydrogens (primary N) is 3. The van der Waals surface area contributed by atoms with Gasteiger partial charge in [-0.2, -0.15) is 0 Å². The molecule has 37 heavy (non-hydrogen) atoms. The van der Waals surface area contributed by atoms with Crippen LogP contribution in [0.3, 0.4) is 0 Å². The van der Waals surface area contributed by atoms with Gasteiger partial charge in [-0.05, 0) is 41.5 Å². The van der Waals surface area contributed by atoms with Gasteiger partial charge in [0.2, 0.25) is 17.7 Å². The number of benzene rings is 2. The van der Waals surface area contributed by atoms with E-state index in [1.165, 1.54) is 4.90 Å². The van der Waals surface area contributed by atoms with Crippen molar-refractivity contribution in [1.82, 2.24) is 10.2 Å². The van der Waals surface area contributed by atoms with Gasteiger partial charge in [0.25, 0.3) is 0 Å². The molecule has 2 rings (SSSR count). The fourth-order valence-corrected chi connectivity index (χ4v) is 3.87. The number of amides is 3. The molecule has 0 radical (unpaired) electrons. The van der Waals surface area contributed by atoms with Gasteiger partial charge in [-0.25, -0.2) is 0 Å². The van der Waals surface area contributed by atoms with Gasteiger partial charge in [0.05, 0.1) is 12.5 Å². The Hall–Kier alpha value is -3.27. The molecule has 202 valence electrons. The van der Waals surface area contributed by atoms with E-state index in [0.29, 0.717) is 31.6 Å². The fourth-order valence-electron chi connectivity index (χ4n) is 3.87. The Bertz CT molecular complexity index is 999. The highest BCUT2D eigenvalue weighted by Crippen LogP contribution is 2.23. The van der Waals surface area contributed by atoms with Crippen molar-refractivity contribution in [3.05, 3.63) is 65.7 Å². The lowest BCUT2D eigenvalue weighted by Gasteiger charge is -2.24. The summed E-state index contributed by atoms with van der Waals surface area (Å²) in [6.45, 7) is 7.59. The van der Waals surface area contributed by atoms with Crippen LogP contribution >= 0.6 is 0 Å². The van der Waals surface area contributed by atoms with Gasteiger partial charge in [-0.1, -0.05) is 63.2 Å². The predicted molar refractivity (Wildman–Crippen MR) is 148 cm³/mol. The monoisotopic (exact) mass is 510 g/mol. The lowest BCUT2D eigenvalue weighted by atomic mass is 9.87. The Morgan fingerprint density at radius 2 is 1.49 bits per heavy atom. The van der Waals surface area contributed by atoms with E-state index in [-0.39, 0.29) is 36.7 Å². The van der Waals surface area contributed by atoms with Crippen LogP contribution in [0, 0.1) is 0 Å². The molecule has 0 bridgehead atoms. The van der Waals surface area contributed by atoms with E-state index in [0.717, 1.165) is 11.1 Å². The van der Waals surface area contributed by atoms with Gasteiger partial charge in [0.1, 0.15) is 6.04 Å². The van der Waals surface area contributed by atoms with Crippen molar-refractivity contribution in [3.63, 3.8) is 0 Å². The van der Waals surface area contributed by atoms with Gasteiger partial charge in [0.15, 0.2) is 0 Å². The lowest BCUT2D eigenvalue weighted by Crippen LogP contribution is -2.52. The SMILES string of the molecule is CC(C)(C)c1ccc(NC(=O)[C@H](CCc2ccccc2)NC(=O)[C@@H](N)CC(=O)N(CCN)CCN)cc1. The van der Waals surface area contributed by atoms with Crippen LogP contribution < -0.4 is 27.8 Å². The Morgan fingerprint density at radius 1 is 0.892 bits per heavy atom. The van der Waals surface area contributed by atoms with Crippen LogP contribution in [0.25, 0.3) is 0 Å². The van der Waals surface area contributed by atoms with Crippen LogP contribution in [0.2, 0.25) is 0 Å². The van der Waals surface area contributed by atoms with E-state index in [1.54, 1.807) is 0 Å². The van der Waals surface area contributed by atoms with Gasteiger partial charge in [-0.3, -0.25) is 14.4 Å². The van der Waals surface area contributed by atoms with Crippen molar-refractivity contribution in [1.29, 1.82) is 0 Å². The molecule has 0 heterocycles. The molecule has 3 amide bonds. The minimum Gasteiger partial charge on any atom is -0.343 e. The van der Waals surface area contributed by atoms with E-state index in [4.69, 9.17) is 17.2 Å². The van der Waals surface area contributed by atoms with Crippen molar-refractivity contribution in [2.75, 3.05) is 31.5 Å². The maximum Gasteiger partial charge on any atom is 0.246 e. The second kappa shape index (κ2) is 14.5. The second-order valence-electron chi connectivity index (χ2n) is 10.2. The standard InChI is InChI=1S/C28H42N6O3/c1-28(2,3)21-10-12-22(13-11-21)32-27(37)24(14-9-20-7-5-4-6-8-20)33-26(36)23(31)19-25(35)34(17-15-29)18-16-30/h4-8,10-13,23-24H,9,14-19,29-31H2,1-3H3,(H,32,37)(H,33,36)/t23-,24-/m0/s1. The number of rotatable bonds is 13. The third-order valence-corrected chi connectivity index (χ3v) is 6.10. The number of nitrogens with one attached hydrogen (secondary N) is 2. The summed E-state index contributed by atoms with van der Waals surface area (Å²) in [5, 5.41) is 5.65. The molecule has 2 atom stereocenters. The van der Waals surface area contributed by atoms with Gasteiger partial charge < -0.3 is 32.7 Å². The first-order valence-electron chi connectivity index (χ1n) is 12.7. The van der Waals surface area contributed by atoms with E-state index in [9.17, 15) is 14.4 Å². The summed E-state index contributed by atoms with van der Waals surface area (Å²) in [6.07, 6.45) is 0.749. The highest BCUT2D eigenvalue weighted by Gasteiger charge is 2.26. The molecular weight excluding hydrogens is 468 g/mol. The second-order valence-corrected chi connectivity index (χ2v) is 10.2. The van der Waals surface area contributed by atoms with E-state index in [2.05, 4.69) is 31.4 Å². The molecule has 9 heteroatoms. The van der Waals surface area contributed by atoms with Crippen molar-refractivity contribution in [3.8, 4) is 0 Å². The number of hydrogen-bond donors (Lipinski definition) is 5. The van der Waals surface area contributed by atoms with Crippen molar-refractivity contribution in [2.24, 2.45) is 17.2 Å². The maximum atomic E-state index is 13.2. The highest BCUT2D eigenvalue weighted by atomic mass is 16.2. The van der Waals surface area contributed by atoms with E-state index < -0.39 is 18.0 Å². The summed E-state index contributed by atoms with van der Waals surface area (Å²) in [4.78, 5) is 40.2. The Kier molecular flexibility index (Phi) is 11.7. The first-order valence-corrected chi connectivity index (χ1v) is 12.7. The smallest absolute Gasteiger partial charge is 0.246 e. The quantitative estimate of drug-likeness (QED) is 0.275. The molecule has 0 fully saturated rings. The first kappa shape index (κ1) is 30.0. The number of hydrogen-bond acceptors (Lipinski definition) is 6. The molecule has 2 aromatic carbocycles. The summed E-state index contributed by atoms with van der Waals surface area (Å²) in [7, 11) is 0. The Labute approximate surface area is 220 Å². The zero-order valence-electron chi connectivity index (χ0n) is 22.2. The lowest BCUT2D eigenvalue weighted by molar-refractivity contribution is -0.134. The van der Waals surface area contributed by atoms with Crippen LogP contribution in [0.5, 0.6) is 0 Å². The van der Waals surface area contributed by atoms with Crippen molar-refractivity contribution < 1.29 is 14.4 Å². The number of carbonyl (C=O) groups is 3. The molecule has 0 aliphatic rings. The number of aryl methyl sites for hydroxylation is 1. The van der Waals surface area contributed by atoms with Crippen LogP contribution in [0.4, 0.5) is 5.69 Å². The Balaban J connectivity index is 2.10. The largest absolute Gasteiger partial charge is 0.343 e. The summed E-state index contributed by atoms with van der Waals surface area (Å²) in [5.41, 5.74) is 20.0. The summed E-state index contributed by atoms with van der Waals surface area (Å²) < 4.78 is 0. The highest BCUT2D eigenvalue weighted by molar-refractivity contribution is 5.98. The molecule has 9 nitrogen and oxygen atoms in total. The molecular formula is C28H42N6O3. The van der Waals surface area contributed by atoms with Crippen LogP contribution in [-0.2, 0) is 26.2 Å². The Morgan fingerprint density at radius 3 is 2.03 bits per heavy atom. The van der Waals surface area contributed by atoms with Crippen LogP contribution in [-0.4, -0.2) is 60.9 Å². The third-order valence-electron chi connectivity index (χ3n) is 6.10. The molecule has 8 N–H and O–H groups in total. The molecule has 0 saturated carbocycles. The van der Waals surface area contributed by atoms with Crippen LogP contribution in [0.15, 0.2) is 54.6 Å². The average molecular weight is 511 g/mol. The van der Waals surface area contributed by atoms with E-state index >= 15 is 0 Å². The molecule has 0 aliphatic carbocycles. The minimum atomic E-state index is -1.11. The minimum absolute atomic E-state index is 0.00775. The number of anilines is 1. The topological polar surface area (TPSA) is 157 Å². The van der Waals surface area contributed by atoms with Gasteiger partial charge in [-0.15, -0.1) is 0 Å². The van der Waals surface area contributed by atoms with Crippen molar-refractivity contribution >= 4 is 23.4 Å². The number of nitrogens with zero attached hydrogens (tertiary/aromatic N) is 1. The summed E-state index contributed by atoms with van der Waals surface area (Å²) in [6, 6.07) is 15.4. The zero-order chi connectivity index (χ0) is 27.4. The fraction of sp³-hybridized carbons (Fsp3) is 0.464. The molecule has 0 aliphatic heterocycles. The van der Waals surface area contributed by atoms with Gasteiger partial charge >= 0.3 is 0 Å². The molecule has 0 aromatic heterocycles. The maximum absolute atomic E-state index is 13.2. The zero-order valence-corrected chi connectivity index (χ0v) is 22.2. The van der Waals surface area contributed by atoms with E-state index in [1.807, 2.05) is 54.6 Å². The summed E-state index contributed by atoms with van der Waals surface area (Å²) in [5.74, 6) is -1.22. The third kappa shape index (κ3) is 9.95. The molecule has 0 saturated heterocycles. The molecule has 0 spiro atoms. The molecule has 2 aromatic rings. The van der Waals surface area contributed by atoms with Crippen molar-refractivity contribution in [2.45, 2.75) is 57.5 Å².